The van der Waals surface area contributed by atoms with Gasteiger partial charge in [-0.3, -0.25) is 4.98 Å². The van der Waals surface area contributed by atoms with Gasteiger partial charge in [0.15, 0.2) is 0 Å². The Morgan fingerprint density at radius 1 is 1.19 bits per heavy atom. The summed E-state index contributed by atoms with van der Waals surface area (Å²) in [5, 5.41) is 6.69. The Labute approximate surface area is 128 Å². The highest BCUT2D eigenvalue weighted by atomic mass is 32.1. The number of rotatable bonds is 6. The van der Waals surface area contributed by atoms with Crippen molar-refractivity contribution in [3.63, 3.8) is 0 Å². The third-order valence-electron chi connectivity index (χ3n) is 3.33. The molecule has 0 fully saturated rings. The number of benzene rings is 1. The second-order valence-corrected chi connectivity index (χ2v) is 5.90. The molecule has 5 heteroatoms. The van der Waals surface area contributed by atoms with Gasteiger partial charge in [-0.25, -0.2) is 9.97 Å². The fourth-order valence-electron chi connectivity index (χ4n) is 2.27. The van der Waals surface area contributed by atoms with E-state index in [1.54, 1.807) is 11.3 Å². The van der Waals surface area contributed by atoms with Crippen molar-refractivity contribution >= 4 is 22.4 Å². The second kappa shape index (κ2) is 6.74. The monoisotopic (exact) mass is 298 g/mol. The summed E-state index contributed by atoms with van der Waals surface area (Å²) in [5.74, 6) is 0. The van der Waals surface area contributed by atoms with Gasteiger partial charge in [0, 0.05) is 18.0 Å². The standard InChI is InChI=1S/C16H18N4S/c1-2-7-17-14(10-16-18-8-9-21-16)15-11-19-12-5-3-4-6-13(12)20-15/h3-6,8-9,11,14,17H,2,7,10H2,1H3. The smallest absolute Gasteiger partial charge is 0.0944 e. The molecule has 4 nitrogen and oxygen atoms in total. The first-order chi connectivity index (χ1) is 10.4. The lowest BCUT2D eigenvalue weighted by molar-refractivity contribution is 0.517. The van der Waals surface area contributed by atoms with Crippen LogP contribution in [0.3, 0.4) is 0 Å². The molecule has 3 aromatic rings. The maximum Gasteiger partial charge on any atom is 0.0944 e. The van der Waals surface area contributed by atoms with Gasteiger partial charge in [0.1, 0.15) is 0 Å². The molecule has 21 heavy (non-hydrogen) atoms. The Kier molecular flexibility index (Phi) is 4.52. The van der Waals surface area contributed by atoms with Crippen molar-refractivity contribution in [1.82, 2.24) is 20.3 Å². The fourth-order valence-corrected chi connectivity index (χ4v) is 2.93. The predicted octanol–water partition coefficient (Wildman–Crippen LogP) is 3.37. The Bertz CT molecular complexity index is 696. The van der Waals surface area contributed by atoms with Crippen molar-refractivity contribution in [2.45, 2.75) is 25.8 Å². The van der Waals surface area contributed by atoms with Crippen LogP contribution in [0.5, 0.6) is 0 Å². The highest BCUT2D eigenvalue weighted by Crippen LogP contribution is 2.19. The summed E-state index contributed by atoms with van der Waals surface area (Å²) >= 11 is 1.68. The lowest BCUT2D eigenvalue weighted by Gasteiger charge is -2.17. The first kappa shape index (κ1) is 14.1. The van der Waals surface area contributed by atoms with Gasteiger partial charge in [0.2, 0.25) is 0 Å². The van der Waals surface area contributed by atoms with Crippen LogP contribution in [0, 0.1) is 0 Å². The molecule has 0 bridgehead atoms. The van der Waals surface area contributed by atoms with Gasteiger partial charge in [0.25, 0.3) is 0 Å². The molecular formula is C16H18N4S. The number of nitrogens with zero attached hydrogens (tertiary/aromatic N) is 3. The average molecular weight is 298 g/mol. The van der Waals surface area contributed by atoms with Crippen LogP contribution in [-0.2, 0) is 6.42 Å². The highest BCUT2D eigenvalue weighted by molar-refractivity contribution is 7.09. The van der Waals surface area contributed by atoms with E-state index in [1.807, 2.05) is 42.0 Å². The van der Waals surface area contributed by atoms with Crippen LogP contribution < -0.4 is 5.32 Å². The summed E-state index contributed by atoms with van der Waals surface area (Å²) in [7, 11) is 0. The van der Waals surface area contributed by atoms with Gasteiger partial charge in [-0.15, -0.1) is 11.3 Å². The minimum atomic E-state index is 0.160. The molecule has 0 aliphatic carbocycles. The number of hydrogen-bond acceptors (Lipinski definition) is 5. The van der Waals surface area contributed by atoms with E-state index in [4.69, 9.17) is 4.98 Å². The molecule has 1 unspecified atom stereocenters. The van der Waals surface area contributed by atoms with Gasteiger partial charge in [0.05, 0.1) is 34.0 Å². The largest absolute Gasteiger partial charge is 0.308 e. The van der Waals surface area contributed by atoms with E-state index in [9.17, 15) is 0 Å². The molecule has 0 aliphatic rings. The summed E-state index contributed by atoms with van der Waals surface area (Å²) in [5.41, 5.74) is 2.86. The van der Waals surface area contributed by atoms with Crippen molar-refractivity contribution in [2.75, 3.05) is 6.54 Å². The zero-order chi connectivity index (χ0) is 14.5. The second-order valence-electron chi connectivity index (χ2n) is 4.92. The number of nitrogens with one attached hydrogen (secondary N) is 1. The average Bonchev–Trinajstić information content (AvgIpc) is 3.04. The molecule has 0 saturated heterocycles. The lowest BCUT2D eigenvalue weighted by Crippen LogP contribution is -2.25. The third-order valence-corrected chi connectivity index (χ3v) is 4.13. The Hall–Kier alpha value is -1.85. The zero-order valence-electron chi connectivity index (χ0n) is 12.0. The van der Waals surface area contributed by atoms with Gasteiger partial charge < -0.3 is 5.32 Å². The molecule has 0 radical (unpaired) electrons. The van der Waals surface area contributed by atoms with Gasteiger partial charge >= 0.3 is 0 Å². The number of hydrogen-bond donors (Lipinski definition) is 1. The number of aromatic nitrogens is 3. The lowest BCUT2D eigenvalue weighted by atomic mass is 10.1. The minimum absolute atomic E-state index is 0.160. The van der Waals surface area contributed by atoms with E-state index in [2.05, 4.69) is 22.2 Å². The minimum Gasteiger partial charge on any atom is -0.308 e. The molecular weight excluding hydrogens is 280 g/mol. The van der Waals surface area contributed by atoms with Crippen LogP contribution in [0.2, 0.25) is 0 Å². The number of fused-ring (bicyclic) bond motifs is 1. The van der Waals surface area contributed by atoms with Crippen LogP contribution >= 0.6 is 11.3 Å². The van der Waals surface area contributed by atoms with Crippen LogP contribution in [0.1, 0.15) is 30.1 Å². The first-order valence-corrected chi connectivity index (χ1v) is 8.08. The molecule has 0 aliphatic heterocycles. The van der Waals surface area contributed by atoms with E-state index in [1.165, 1.54) is 0 Å². The zero-order valence-corrected chi connectivity index (χ0v) is 12.8. The highest BCUT2D eigenvalue weighted by Gasteiger charge is 2.15. The maximum absolute atomic E-state index is 4.76. The molecule has 0 saturated carbocycles. The first-order valence-electron chi connectivity index (χ1n) is 7.20. The molecule has 3 rings (SSSR count). The molecule has 2 heterocycles. The van der Waals surface area contributed by atoms with Crippen molar-refractivity contribution in [3.8, 4) is 0 Å². The molecule has 0 amide bonds. The topological polar surface area (TPSA) is 50.7 Å². The van der Waals surface area contributed by atoms with Gasteiger partial charge in [-0.05, 0) is 25.1 Å². The van der Waals surface area contributed by atoms with Crippen LogP contribution in [0.4, 0.5) is 0 Å². The molecule has 108 valence electrons. The van der Waals surface area contributed by atoms with Crippen molar-refractivity contribution in [2.24, 2.45) is 0 Å². The SMILES string of the molecule is CCCNC(Cc1nccs1)c1cnc2ccccc2n1. The van der Waals surface area contributed by atoms with E-state index < -0.39 is 0 Å². The third kappa shape index (κ3) is 3.43. The molecule has 2 aromatic heterocycles. The number of para-hydroxylation sites is 2. The van der Waals surface area contributed by atoms with Crippen molar-refractivity contribution in [1.29, 1.82) is 0 Å². The normalized spacial score (nSPS) is 12.6. The Balaban J connectivity index is 1.89. The molecule has 1 N–H and O–H groups in total. The van der Waals surface area contributed by atoms with E-state index in [0.717, 1.165) is 41.1 Å². The predicted molar refractivity (Wildman–Crippen MR) is 86.4 cm³/mol. The summed E-state index contributed by atoms with van der Waals surface area (Å²) in [6, 6.07) is 8.14. The van der Waals surface area contributed by atoms with Gasteiger partial charge in [-0.2, -0.15) is 0 Å². The summed E-state index contributed by atoms with van der Waals surface area (Å²) < 4.78 is 0. The van der Waals surface area contributed by atoms with E-state index in [0.29, 0.717) is 0 Å². The summed E-state index contributed by atoms with van der Waals surface area (Å²) in [6.45, 7) is 3.13. The van der Waals surface area contributed by atoms with Crippen LogP contribution in [0.25, 0.3) is 11.0 Å². The summed E-state index contributed by atoms with van der Waals surface area (Å²) in [4.78, 5) is 13.7. The molecule has 1 atom stereocenters. The Morgan fingerprint density at radius 3 is 2.81 bits per heavy atom. The van der Waals surface area contributed by atoms with E-state index >= 15 is 0 Å². The molecule has 0 spiro atoms. The molecule has 1 aromatic carbocycles. The quantitative estimate of drug-likeness (QED) is 0.758. The van der Waals surface area contributed by atoms with E-state index in [-0.39, 0.29) is 6.04 Å². The maximum atomic E-state index is 4.76. The summed E-state index contributed by atoms with van der Waals surface area (Å²) in [6.07, 6.45) is 5.67. The number of thiazole rings is 1. The van der Waals surface area contributed by atoms with Crippen LogP contribution in [-0.4, -0.2) is 21.5 Å². The fraction of sp³-hybridized carbons (Fsp3) is 0.312. The van der Waals surface area contributed by atoms with Crippen molar-refractivity contribution in [3.05, 3.63) is 52.7 Å². The van der Waals surface area contributed by atoms with Crippen molar-refractivity contribution < 1.29 is 0 Å². The Morgan fingerprint density at radius 2 is 2.05 bits per heavy atom. The van der Waals surface area contributed by atoms with Crippen LogP contribution in [0.15, 0.2) is 42.0 Å². The van der Waals surface area contributed by atoms with Gasteiger partial charge in [-0.1, -0.05) is 19.1 Å².